The summed E-state index contributed by atoms with van der Waals surface area (Å²) < 4.78 is 57.1. The van der Waals surface area contributed by atoms with Crippen LogP contribution in [0.4, 0.5) is 8.78 Å². The maximum atomic E-state index is 14.7. The summed E-state index contributed by atoms with van der Waals surface area (Å²) >= 11 is 3.34. The fourth-order valence-corrected chi connectivity index (χ4v) is 7.14. The Kier molecular flexibility index (Phi) is 5.15. The average Bonchev–Trinajstić information content (AvgIpc) is 3.05. The van der Waals surface area contributed by atoms with Crippen LogP contribution in [0.1, 0.15) is 11.1 Å². The SMILES string of the molecule is COc1cc(P(=O)(c2ccc(C)cc2)c2ccc(C)cc2)c(Br)c2c1OC(F)(F)O2. The second kappa shape index (κ2) is 7.40. The number of alkyl halides is 2. The quantitative estimate of drug-likeness (QED) is 0.477. The third kappa shape index (κ3) is 3.40. The number of ether oxygens (including phenoxy) is 3. The summed E-state index contributed by atoms with van der Waals surface area (Å²) in [6, 6.07) is 16.1. The van der Waals surface area contributed by atoms with Crippen molar-refractivity contribution in [2.45, 2.75) is 20.1 Å². The third-order valence-electron chi connectivity index (χ3n) is 4.92. The average molecular weight is 495 g/mol. The van der Waals surface area contributed by atoms with E-state index in [9.17, 15) is 13.3 Å². The van der Waals surface area contributed by atoms with Crippen molar-refractivity contribution in [1.29, 1.82) is 0 Å². The highest BCUT2D eigenvalue weighted by atomic mass is 79.9. The van der Waals surface area contributed by atoms with E-state index in [0.29, 0.717) is 10.6 Å². The van der Waals surface area contributed by atoms with E-state index in [0.717, 1.165) is 11.1 Å². The summed E-state index contributed by atoms with van der Waals surface area (Å²) in [7, 11) is -2.15. The second-order valence-electron chi connectivity index (χ2n) is 7.02. The van der Waals surface area contributed by atoms with Crippen molar-refractivity contribution in [3.05, 3.63) is 70.2 Å². The summed E-state index contributed by atoms with van der Waals surface area (Å²) in [6.07, 6.45) is -3.84. The molecule has 0 bridgehead atoms. The lowest BCUT2D eigenvalue weighted by Crippen LogP contribution is -2.27. The van der Waals surface area contributed by atoms with Crippen molar-refractivity contribution in [2.75, 3.05) is 7.11 Å². The molecule has 3 aromatic rings. The molecule has 0 radical (unpaired) electrons. The molecule has 0 aliphatic carbocycles. The molecule has 3 aromatic carbocycles. The van der Waals surface area contributed by atoms with Gasteiger partial charge in [-0.25, -0.2) is 0 Å². The summed E-state index contributed by atoms with van der Waals surface area (Å²) in [5, 5.41) is 1.41. The Morgan fingerprint density at radius 3 is 1.83 bits per heavy atom. The number of aryl methyl sites for hydroxylation is 2. The van der Waals surface area contributed by atoms with Gasteiger partial charge in [0.15, 0.2) is 18.6 Å². The molecule has 0 spiro atoms. The molecule has 0 saturated heterocycles. The molecule has 1 heterocycles. The van der Waals surface area contributed by atoms with Gasteiger partial charge in [-0.15, -0.1) is 8.78 Å². The standard InChI is InChI=1S/C22H18BrF2O4P/c1-13-4-8-15(9-5-13)30(26,16-10-6-14(2)7-11-16)18-12-17(27-3)20-21(19(18)23)29-22(24,25)28-20/h4-12H,1-3H3. The van der Waals surface area contributed by atoms with Crippen molar-refractivity contribution in [1.82, 2.24) is 0 Å². The predicted molar refractivity (Wildman–Crippen MR) is 116 cm³/mol. The second-order valence-corrected chi connectivity index (χ2v) is 10.5. The van der Waals surface area contributed by atoms with Gasteiger partial charge in [0.1, 0.15) is 0 Å². The minimum atomic E-state index is -3.84. The van der Waals surface area contributed by atoms with Gasteiger partial charge in [0, 0.05) is 15.9 Å². The van der Waals surface area contributed by atoms with Crippen LogP contribution in [-0.2, 0) is 4.57 Å². The van der Waals surface area contributed by atoms with Crippen LogP contribution in [0.5, 0.6) is 17.2 Å². The summed E-state index contributed by atoms with van der Waals surface area (Å²) in [4.78, 5) is 0. The molecule has 8 heteroatoms. The first-order valence-electron chi connectivity index (χ1n) is 9.07. The van der Waals surface area contributed by atoms with Gasteiger partial charge in [-0.3, -0.25) is 0 Å². The molecule has 0 amide bonds. The number of fused-ring (bicyclic) bond motifs is 1. The molecule has 1 aliphatic rings. The van der Waals surface area contributed by atoms with E-state index in [-0.39, 0.29) is 27.0 Å². The summed E-state index contributed by atoms with van der Waals surface area (Å²) in [6.45, 7) is 3.87. The lowest BCUT2D eigenvalue weighted by atomic mass is 10.2. The van der Waals surface area contributed by atoms with Gasteiger partial charge in [-0.1, -0.05) is 59.7 Å². The monoisotopic (exact) mass is 494 g/mol. The third-order valence-corrected chi connectivity index (χ3v) is 9.09. The van der Waals surface area contributed by atoms with Gasteiger partial charge in [0.25, 0.3) is 0 Å². The lowest BCUT2D eigenvalue weighted by Gasteiger charge is -2.23. The van der Waals surface area contributed by atoms with Crippen LogP contribution in [0.15, 0.2) is 59.1 Å². The first kappa shape index (κ1) is 20.9. The zero-order chi connectivity index (χ0) is 21.7. The smallest absolute Gasteiger partial charge is 0.493 e. The Bertz CT molecular complexity index is 1110. The van der Waals surface area contributed by atoms with Gasteiger partial charge >= 0.3 is 6.29 Å². The van der Waals surface area contributed by atoms with Gasteiger partial charge in [-0.05, 0) is 35.8 Å². The minimum Gasteiger partial charge on any atom is -0.493 e. The van der Waals surface area contributed by atoms with E-state index in [1.54, 1.807) is 24.3 Å². The topological polar surface area (TPSA) is 44.8 Å². The summed E-state index contributed by atoms with van der Waals surface area (Å²) in [5.74, 6) is -0.467. The van der Waals surface area contributed by atoms with E-state index < -0.39 is 13.4 Å². The van der Waals surface area contributed by atoms with Crippen LogP contribution in [0.25, 0.3) is 0 Å². The van der Waals surface area contributed by atoms with E-state index in [1.807, 2.05) is 38.1 Å². The molecule has 0 fully saturated rings. The maximum absolute atomic E-state index is 14.7. The Morgan fingerprint density at radius 1 is 0.900 bits per heavy atom. The van der Waals surface area contributed by atoms with Crippen LogP contribution >= 0.6 is 23.1 Å². The highest BCUT2D eigenvalue weighted by Gasteiger charge is 2.48. The number of benzene rings is 3. The number of methoxy groups -OCH3 is 1. The number of halogens is 3. The van der Waals surface area contributed by atoms with E-state index in [4.69, 9.17) is 9.47 Å². The van der Waals surface area contributed by atoms with Crippen molar-refractivity contribution >= 4 is 39.0 Å². The highest BCUT2D eigenvalue weighted by Crippen LogP contribution is 2.55. The molecule has 4 nitrogen and oxygen atoms in total. The normalized spacial score (nSPS) is 14.6. The highest BCUT2D eigenvalue weighted by molar-refractivity contribution is 9.10. The predicted octanol–water partition coefficient (Wildman–Crippen LogP) is 5.04. The molecule has 0 aromatic heterocycles. The van der Waals surface area contributed by atoms with Crippen LogP contribution in [-0.4, -0.2) is 13.4 Å². The summed E-state index contributed by atoms with van der Waals surface area (Å²) in [5.41, 5.74) is 2.02. The first-order valence-corrected chi connectivity index (χ1v) is 11.6. The zero-order valence-electron chi connectivity index (χ0n) is 16.4. The lowest BCUT2D eigenvalue weighted by molar-refractivity contribution is -0.287. The molecule has 1 aliphatic heterocycles. The van der Waals surface area contributed by atoms with E-state index in [2.05, 4.69) is 20.7 Å². The molecule has 0 unspecified atom stereocenters. The zero-order valence-corrected chi connectivity index (χ0v) is 18.9. The van der Waals surface area contributed by atoms with Crippen molar-refractivity contribution in [3.8, 4) is 17.2 Å². The maximum Gasteiger partial charge on any atom is 0.586 e. The van der Waals surface area contributed by atoms with Crippen LogP contribution in [0.3, 0.4) is 0 Å². The van der Waals surface area contributed by atoms with Crippen molar-refractivity contribution in [2.24, 2.45) is 0 Å². The number of hydrogen-bond acceptors (Lipinski definition) is 4. The fourth-order valence-electron chi connectivity index (χ4n) is 3.34. The van der Waals surface area contributed by atoms with E-state index in [1.165, 1.54) is 13.2 Å². The Morgan fingerprint density at radius 2 is 1.37 bits per heavy atom. The van der Waals surface area contributed by atoms with E-state index >= 15 is 0 Å². The van der Waals surface area contributed by atoms with Gasteiger partial charge < -0.3 is 18.8 Å². The molecule has 156 valence electrons. The van der Waals surface area contributed by atoms with Gasteiger partial charge in [-0.2, -0.15) is 0 Å². The Balaban J connectivity index is 2.03. The molecule has 0 atom stereocenters. The molecular formula is C22H18BrF2O4P. The number of rotatable bonds is 4. The molecule has 0 N–H and O–H groups in total. The number of hydrogen-bond donors (Lipinski definition) is 0. The van der Waals surface area contributed by atoms with Crippen molar-refractivity contribution < 1.29 is 27.6 Å². The van der Waals surface area contributed by atoms with Crippen LogP contribution in [0, 0.1) is 13.8 Å². The van der Waals surface area contributed by atoms with Crippen LogP contribution in [0.2, 0.25) is 0 Å². The Hall–Kier alpha value is -2.37. The first-order chi connectivity index (χ1) is 14.2. The molecule has 0 saturated carbocycles. The van der Waals surface area contributed by atoms with Crippen molar-refractivity contribution in [3.63, 3.8) is 0 Å². The molecule has 4 rings (SSSR count). The van der Waals surface area contributed by atoms with Gasteiger partial charge in [0.2, 0.25) is 5.75 Å². The van der Waals surface area contributed by atoms with Gasteiger partial charge in [0.05, 0.1) is 11.6 Å². The minimum absolute atomic E-state index is 0.0137. The van der Waals surface area contributed by atoms with Crippen LogP contribution < -0.4 is 30.1 Å². The largest absolute Gasteiger partial charge is 0.586 e. The molecular weight excluding hydrogens is 477 g/mol. The Labute approximate surface area is 181 Å². The molecule has 30 heavy (non-hydrogen) atoms. The fraction of sp³-hybridized carbons (Fsp3) is 0.182.